The maximum atomic E-state index is 6.53. The SMILES string of the molecule is c1ccc2c(c1)oc1c(-c3nc(-n4c5ccccc5c5cc6c(cc54)sc4ccccc46)nc4c3oc3ccccc34)cccc12. The van der Waals surface area contributed by atoms with Gasteiger partial charge in [0.2, 0.25) is 5.95 Å². The standard InChI is InChI=1S/C40H21N3O2S/c1-5-16-30-22(10-1)28-20-29-24-12-4-8-19-34(24)46-35(29)21-31(28)43(30)40-41-36-26-13-3-7-18-33(26)45-39(36)37(42-40)27-15-9-14-25-23-11-2-6-17-32(23)44-38(25)27/h1-21H. The third kappa shape index (κ3) is 3.18. The summed E-state index contributed by atoms with van der Waals surface area (Å²) in [6.45, 7) is 0. The molecular weight excluding hydrogens is 587 g/mol. The molecule has 5 heterocycles. The van der Waals surface area contributed by atoms with Crippen LogP contribution in [-0.2, 0) is 0 Å². The van der Waals surface area contributed by atoms with E-state index in [1.807, 2.05) is 47.7 Å². The number of aromatic nitrogens is 3. The minimum Gasteiger partial charge on any atom is -0.455 e. The number of thiophene rings is 1. The molecule has 5 aromatic heterocycles. The van der Waals surface area contributed by atoms with Gasteiger partial charge in [-0.1, -0.05) is 78.9 Å². The quantitative estimate of drug-likeness (QED) is 0.196. The van der Waals surface area contributed by atoms with Crippen molar-refractivity contribution in [3.63, 3.8) is 0 Å². The Labute approximate surface area is 264 Å². The summed E-state index contributed by atoms with van der Waals surface area (Å²) < 4.78 is 17.8. The number of hydrogen-bond acceptors (Lipinski definition) is 5. The molecule has 5 nitrogen and oxygen atoms in total. The molecule has 0 bridgehead atoms. The van der Waals surface area contributed by atoms with E-state index >= 15 is 0 Å². The molecule has 0 saturated heterocycles. The average molecular weight is 608 g/mol. The minimum absolute atomic E-state index is 0.592. The van der Waals surface area contributed by atoms with Crippen LogP contribution in [0.25, 0.3) is 103 Å². The lowest BCUT2D eigenvalue weighted by Gasteiger charge is -2.10. The summed E-state index contributed by atoms with van der Waals surface area (Å²) in [7, 11) is 0. The monoisotopic (exact) mass is 607 g/mol. The lowest BCUT2D eigenvalue weighted by atomic mass is 10.1. The normalized spacial score (nSPS) is 12.3. The maximum absolute atomic E-state index is 6.53. The van der Waals surface area contributed by atoms with Gasteiger partial charge in [-0.3, -0.25) is 4.57 Å². The van der Waals surface area contributed by atoms with Crippen LogP contribution < -0.4 is 0 Å². The van der Waals surface area contributed by atoms with Crippen LogP contribution in [0.2, 0.25) is 0 Å². The smallest absolute Gasteiger partial charge is 0.236 e. The number of rotatable bonds is 2. The van der Waals surface area contributed by atoms with Crippen molar-refractivity contribution in [2.45, 2.75) is 0 Å². The van der Waals surface area contributed by atoms with Gasteiger partial charge in [0.15, 0.2) is 5.58 Å². The summed E-state index contributed by atoms with van der Waals surface area (Å²) in [6.07, 6.45) is 0. The number of fused-ring (bicyclic) bond motifs is 12. The fourth-order valence-corrected chi connectivity index (χ4v) is 8.32. The van der Waals surface area contributed by atoms with Crippen molar-refractivity contribution in [1.29, 1.82) is 0 Å². The van der Waals surface area contributed by atoms with E-state index in [1.54, 1.807) is 0 Å². The van der Waals surface area contributed by atoms with E-state index in [1.165, 1.54) is 25.6 Å². The van der Waals surface area contributed by atoms with Gasteiger partial charge >= 0.3 is 0 Å². The molecular formula is C40H21N3O2S. The topological polar surface area (TPSA) is 57.0 Å². The molecule has 6 heteroatoms. The largest absolute Gasteiger partial charge is 0.455 e. The van der Waals surface area contributed by atoms with Crippen molar-refractivity contribution in [1.82, 2.24) is 14.5 Å². The summed E-state index contributed by atoms with van der Waals surface area (Å²) in [5.41, 5.74) is 7.52. The zero-order valence-electron chi connectivity index (χ0n) is 24.2. The van der Waals surface area contributed by atoms with Crippen LogP contribution in [0.15, 0.2) is 136 Å². The number of hydrogen-bond donors (Lipinski definition) is 0. The second-order valence-corrected chi connectivity index (χ2v) is 12.8. The van der Waals surface area contributed by atoms with E-state index in [4.69, 9.17) is 18.8 Å². The van der Waals surface area contributed by atoms with Crippen molar-refractivity contribution >= 4 is 97.3 Å². The number of nitrogens with zero attached hydrogens (tertiary/aromatic N) is 3. The fraction of sp³-hybridized carbons (Fsp3) is 0. The Bertz CT molecular complexity index is 3050. The third-order valence-electron chi connectivity index (χ3n) is 9.24. The van der Waals surface area contributed by atoms with Gasteiger partial charge in [0.05, 0.1) is 11.0 Å². The molecule has 0 radical (unpaired) electrons. The highest BCUT2D eigenvalue weighted by Gasteiger charge is 2.24. The van der Waals surface area contributed by atoms with E-state index in [2.05, 4.69) is 95.6 Å². The van der Waals surface area contributed by atoms with Gasteiger partial charge in [-0.15, -0.1) is 11.3 Å². The highest BCUT2D eigenvalue weighted by molar-refractivity contribution is 7.25. The van der Waals surface area contributed by atoms with Gasteiger partial charge in [0.1, 0.15) is 28.0 Å². The average Bonchev–Trinajstić information content (AvgIpc) is 3.85. The third-order valence-corrected chi connectivity index (χ3v) is 10.4. The summed E-state index contributed by atoms with van der Waals surface area (Å²) in [6, 6.07) is 44.2. The first kappa shape index (κ1) is 24.4. The van der Waals surface area contributed by atoms with Crippen molar-refractivity contribution in [3.05, 3.63) is 127 Å². The molecule has 0 unspecified atom stereocenters. The zero-order chi connectivity index (χ0) is 29.9. The van der Waals surface area contributed by atoms with Gasteiger partial charge in [-0.25, -0.2) is 9.97 Å². The lowest BCUT2D eigenvalue weighted by molar-refractivity contribution is 0.662. The summed E-state index contributed by atoms with van der Waals surface area (Å²) in [5, 5.41) is 7.96. The number of benzene rings is 6. The molecule has 214 valence electrons. The second-order valence-electron chi connectivity index (χ2n) is 11.7. The second kappa shape index (κ2) is 8.81. The van der Waals surface area contributed by atoms with E-state index in [-0.39, 0.29) is 0 Å². The van der Waals surface area contributed by atoms with Crippen LogP contribution in [0.5, 0.6) is 0 Å². The van der Waals surface area contributed by atoms with Crippen LogP contribution in [-0.4, -0.2) is 14.5 Å². The molecule has 46 heavy (non-hydrogen) atoms. The molecule has 0 spiro atoms. The van der Waals surface area contributed by atoms with Crippen molar-refractivity contribution < 1.29 is 8.83 Å². The van der Waals surface area contributed by atoms with Crippen LogP contribution in [0.3, 0.4) is 0 Å². The van der Waals surface area contributed by atoms with Gasteiger partial charge in [-0.2, -0.15) is 0 Å². The summed E-state index contributed by atoms with van der Waals surface area (Å²) >= 11 is 1.82. The molecule has 0 N–H and O–H groups in total. The Hall–Kier alpha value is -5.98. The van der Waals surface area contributed by atoms with Gasteiger partial charge in [0.25, 0.3) is 0 Å². The van der Waals surface area contributed by atoms with Crippen molar-refractivity contribution in [2.24, 2.45) is 0 Å². The van der Waals surface area contributed by atoms with Gasteiger partial charge < -0.3 is 8.83 Å². The molecule has 6 aromatic carbocycles. The molecule has 0 fully saturated rings. The highest BCUT2D eigenvalue weighted by Crippen LogP contribution is 2.43. The summed E-state index contributed by atoms with van der Waals surface area (Å²) in [4.78, 5) is 10.6. The molecule has 0 atom stereocenters. The Morgan fingerprint density at radius 3 is 2.07 bits per heavy atom. The molecule has 11 aromatic rings. The Morgan fingerprint density at radius 1 is 0.478 bits per heavy atom. The van der Waals surface area contributed by atoms with Crippen LogP contribution in [0.4, 0.5) is 0 Å². The number of furan rings is 2. The van der Waals surface area contributed by atoms with Gasteiger partial charge in [0, 0.05) is 52.7 Å². The molecule has 0 aliphatic carbocycles. The van der Waals surface area contributed by atoms with Crippen molar-refractivity contribution in [2.75, 3.05) is 0 Å². The van der Waals surface area contributed by atoms with Crippen LogP contribution in [0.1, 0.15) is 0 Å². The van der Waals surface area contributed by atoms with E-state index in [0.29, 0.717) is 17.2 Å². The van der Waals surface area contributed by atoms with Crippen LogP contribution >= 0.6 is 11.3 Å². The first-order valence-electron chi connectivity index (χ1n) is 15.2. The first-order chi connectivity index (χ1) is 22.8. The molecule has 0 amide bonds. The minimum atomic E-state index is 0.592. The molecule has 0 aliphatic heterocycles. The highest BCUT2D eigenvalue weighted by atomic mass is 32.1. The predicted molar refractivity (Wildman–Crippen MR) is 189 cm³/mol. The van der Waals surface area contributed by atoms with E-state index in [0.717, 1.165) is 60.4 Å². The van der Waals surface area contributed by atoms with Crippen molar-refractivity contribution in [3.8, 4) is 17.2 Å². The predicted octanol–water partition coefficient (Wildman–Crippen LogP) is 11.4. The number of para-hydroxylation sites is 4. The van der Waals surface area contributed by atoms with E-state index in [9.17, 15) is 0 Å². The molecule has 0 aliphatic rings. The maximum Gasteiger partial charge on any atom is 0.236 e. The molecule has 11 rings (SSSR count). The fourth-order valence-electron chi connectivity index (χ4n) is 7.20. The van der Waals surface area contributed by atoms with Crippen LogP contribution in [0, 0.1) is 0 Å². The Kier molecular flexibility index (Phi) is 4.66. The lowest BCUT2D eigenvalue weighted by Crippen LogP contribution is -2.03. The Morgan fingerprint density at radius 2 is 1.17 bits per heavy atom. The first-order valence-corrected chi connectivity index (χ1v) is 16.1. The summed E-state index contributed by atoms with van der Waals surface area (Å²) in [5.74, 6) is 0.592. The zero-order valence-corrected chi connectivity index (χ0v) is 25.0. The van der Waals surface area contributed by atoms with Gasteiger partial charge in [-0.05, 0) is 48.5 Å². The Balaban J connectivity index is 1.29. The van der Waals surface area contributed by atoms with E-state index < -0.39 is 0 Å². The molecule has 0 saturated carbocycles.